The van der Waals surface area contributed by atoms with Crippen LogP contribution in [-0.2, 0) is 0 Å². The second-order valence-electron chi connectivity index (χ2n) is 12.2. The van der Waals surface area contributed by atoms with E-state index in [4.69, 9.17) is 7.85 Å². The van der Waals surface area contributed by atoms with Gasteiger partial charge in [-0.15, -0.1) is 0 Å². The molecule has 0 aliphatic carbocycles. The molecule has 0 N–H and O–H groups in total. The van der Waals surface area contributed by atoms with Crippen LogP contribution < -0.4 is 21.3 Å². The van der Waals surface area contributed by atoms with Gasteiger partial charge in [0.2, 0.25) is 0 Å². The molecule has 2 aromatic heterocycles. The number of aromatic nitrogens is 2. The van der Waals surface area contributed by atoms with Gasteiger partial charge in [-0.2, -0.15) is 0 Å². The molecule has 47 heavy (non-hydrogen) atoms. The van der Waals surface area contributed by atoms with Crippen LogP contribution >= 0.6 is 0 Å². The van der Waals surface area contributed by atoms with Gasteiger partial charge in [0.1, 0.15) is 7.85 Å². The summed E-state index contributed by atoms with van der Waals surface area (Å²) in [7, 11) is 9.23. The van der Waals surface area contributed by atoms with E-state index in [9.17, 15) is 0 Å². The first-order valence-electron chi connectivity index (χ1n) is 16.0. The molecular formula is C42H26B2N3. The first-order valence-corrected chi connectivity index (χ1v) is 16.0. The van der Waals surface area contributed by atoms with Crippen LogP contribution in [0.3, 0.4) is 0 Å². The summed E-state index contributed by atoms with van der Waals surface area (Å²) in [5.41, 5.74) is 13.2. The fourth-order valence-electron chi connectivity index (χ4n) is 7.72. The van der Waals surface area contributed by atoms with E-state index >= 15 is 0 Å². The van der Waals surface area contributed by atoms with Gasteiger partial charge in [0, 0.05) is 55.3 Å². The van der Waals surface area contributed by atoms with Crippen molar-refractivity contribution in [3.63, 3.8) is 0 Å². The van der Waals surface area contributed by atoms with Crippen molar-refractivity contribution in [1.29, 1.82) is 0 Å². The van der Waals surface area contributed by atoms with Crippen LogP contribution in [0.1, 0.15) is 0 Å². The number of para-hydroxylation sites is 6. The fraction of sp³-hybridized carbons (Fsp3) is 0. The zero-order valence-corrected chi connectivity index (χ0v) is 25.5. The Kier molecular flexibility index (Phi) is 5.62. The molecule has 0 spiro atoms. The number of hydrogen-bond donors (Lipinski definition) is 0. The first-order chi connectivity index (χ1) is 23.3. The highest BCUT2D eigenvalue weighted by molar-refractivity contribution is 6.73. The average Bonchev–Trinajstić information content (AvgIpc) is 3.65. The van der Waals surface area contributed by atoms with Gasteiger partial charge in [0.15, 0.2) is 7.28 Å². The summed E-state index contributed by atoms with van der Waals surface area (Å²) in [6, 6.07) is 56.2. The summed E-state index contributed by atoms with van der Waals surface area (Å²) in [6.07, 6.45) is 0. The molecule has 215 valence electrons. The first kappa shape index (κ1) is 26.3. The third-order valence-electron chi connectivity index (χ3n) is 9.64. The van der Waals surface area contributed by atoms with Crippen LogP contribution in [0.25, 0.3) is 55.0 Å². The van der Waals surface area contributed by atoms with E-state index in [1.54, 1.807) is 0 Å². The van der Waals surface area contributed by atoms with Crippen LogP contribution in [-0.4, -0.2) is 24.3 Å². The molecule has 0 unspecified atom stereocenters. The Labute approximate surface area is 274 Å². The molecule has 0 saturated heterocycles. The lowest BCUT2D eigenvalue weighted by Gasteiger charge is -2.30. The van der Waals surface area contributed by atoms with Crippen molar-refractivity contribution in [1.82, 2.24) is 9.13 Å². The zero-order chi connectivity index (χ0) is 31.1. The molecule has 1 aliphatic rings. The molecule has 0 amide bonds. The molecular weight excluding hydrogens is 568 g/mol. The summed E-state index contributed by atoms with van der Waals surface area (Å²) >= 11 is 0. The monoisotopic (exact) mass is 594 g/mol. The van der Waals surface area contributed by atoms with Gasteiger partial charge in [-0.05, 0) is 54.0 Å². The highest BCUT2D eigenvalue weighted by Crippen LogP contribution is 2.40. The Bertz CT molecular complexity index is 2630. The van der Waals surface area contributed by atoms with Gasteiger partial charge in [-0.3, -0.25) is 0 Å². The molecule has 7 aromatic carbocycles. The van der Waals surface area contributed by atoms with Gasteiger partial charge in [-0.1, -0.05) is 120 Å². The third-order valence-corrected chi connectivity index (χ3v) is 9.64. The molecule has 0 atom stereocenters. The standard InChI is InChI=1S/C42H26B2N3/c43-34-21-11-19-32-30-17-7-9-23-36(30)46(41(32)34)38-25-29(45(27-13-3-1-4-14-27)28-15-5-2-6-16-28)26-39-40(38)44-35-22-12-20-33-31-18-8-10-24-37(31)47(39)42(33)35/h1-26H. The zero-order valence-electron chi connectivity index (χ0n) is 25.5. The Hall–Kier alpha value is -5.93. The third kappa shape index (κ3) is 3.77. The lowest BCUT2D eigenvalue weighted by Crippen LogP contribution is -2.38. The normalized spacial score (nSPS) is 12.1. The van der Waals surface area contributed by atoms with Crippen molar-refractivity contribution in [2.45, 2.75) is 0 Å². The van der Waals surface area contributed by atoms with Gasteiger partial charge in [0.25, 0.3) is 0 Å². The van der Waals surface area contributed by atoms with E-state index in [1.165, 1.54) is 32.7 Å². The maximum Gasteiger partial charge on any atom is 0.199 e. The van der Waals surface area contributed by atoms with Gasteiger partial charge in [0.05, 0.1) is 16.7 Å². The Morgan fingerprint density at radius 2 is 0.936 bits per heavy atom. The van der Waals surface area contributed by atoms with E-state index in [2.05, 4.69) is 173 Å². The number of nitrogens with zero attached hydrogens (tertiary/aromatic N) is 3. The SMILES string of the molecule is [B]c1cccc2c3ccccc3n(-c3cc(N(c4ccccc4)c4ccccc4)cc4c3[B]c3cccc5c6ccccc6n-4c35)c12. The van der Waals surface area contributed by atoms with Gasteiger partial charge in [-0.25, -0.2) is 0 Å². The molecule has 0 fully saturated rings. The fourth-order valence-corrected chi connectivity index (χ4v) is 7.72. The highest BCUT2D eigenvalue weighted by atomic mass is 15.1. The summed E-state index contributed by atoms with van der Waals surface area (Å²) < 4.78 is 4.84. The number of anilines is 3. The topological polar surface area (TPSA) is 13.1 Å². The van der Waals surface area contributed by atoms with Crippen LogP contribution in [0, 0.1) is 0 Å². The predicted octanol–water partition coefficient (Wildman–Crippen LogP) is 8.11. The number of hydrogen-bond acceptors (Lipinski definition) is 1. The molecule has 1 aliphatic heterocycles. The molecule has 3 radical (unpaired) electrons. The molecule has 3 heterocycles. The quantitative estimate of drug-likeness (QED) is 0.188. The predicted molar refractivity (Wildman–Crippen MR) is 200 cm³/mol. The summed E-state index contributed by atoms with van der Waals surface area (Å²) in [5, 5.41) is 4.84. The van der Waals surface area contributed by atoms with Crippen molar-refractivity contribution in [2.75, 3.05) is 4.90 Å². The Morgan fingerprint density at radius 3 is 1.55 bits per heavy atom. The van der Waals surface area contributed by atoms with Crippen molar-refractivity contribution in [3.8, 4) is 11.4 Å². The van der Waals surface area contributed by atoms with E-state index in [-0.39, 0.29) is 0 Å². The highest BCUT2D eigenvalue weighted by Gasteiger charge is 2.28. The van der Waals surface area contributed by atoms with E-state index in [1.807, 2.05) is 6.07 Å². The molecule has 3 nitrogen and oxygen atoms in total. The molecule has 10 rings (SSSR count). The van der Waals surface area contributed by atoms with Crippen LogP contribution in [0.5, 0.6) is 0 Å². The number of benzene rings is 7. The van der Waals surface area contributed by atoms with Crippen molar-refractivity contribution in [3.05, 3.63) is 158 Å². The molecule has 5 heteroatoms. The van der Waals surface area contributed by atoms with E-state index in [0.717, 1.165) is 55.8 Å². The Balaban J connectivity index is 1.39. The summed E-state index contributed by atoms with van der Waals surface area (Å²) in [4.78, 5) is 2.35. The molecule has 0 bridgehead atoms. The maximum absolute atomic E-state index is 6.86. The summed E-state index contributed by atoms with van der Waals surface area (Å²) in [5.74, 6) is 0. The lowest BCUT2D eigenvalue weighted by molar-refractivity contribution is 1.14. The smallest absolute Gasteiger partial charge is 0.199 e. The summed E-state index contributed by atoms with van der Waals surface area (Å²) in [6.45, 7) is 0. The average molecular weight is 594 g/mol. The van der Waals surface area contributed by atoms with Crippen LogP contribution in [0.4, 0.5) is 17.1 Å². The van der Waals surface area contributed by atoms with Crippen LogP contribution in [0.15, 0.2) is 158 Å². The molecule has 0 saturated carbocycles. The van der Waals surface area contributed by atoms with Gasteiger partial charge >= 0.3 is 0 Å². The van der Waals surface area contributed by atoms with Crippen molar-refractivity contribution in [2.24, 2.45) is 0 Å². The lowest BCUT2D eigenvalue weighted by atomic mass is 9.60. The van der Waals surface area contributed by atoms with Crippen molar-refractivity contribution >= 4 is 92.2 Å². The minimum absolute atomic E-state index is 0.755. The minimum atomic E-state index is 0.755. The van der Waals surface area contributed by atoms with Crippen molar-refractivity contribution < 1.29 is 0 Å². The van der Waals surface area contributed by atoms with E-state index in [0.29, 0.717) is 0 Å². The molecule has 9 aromatic rings. The minimum Gasteiger partial charge on any atom is -0.310 e. The van der Waals surface area contributed by atoms with Crippen LogP contribution in [0.2, 0.25) is 0 Å². The number of rotatable bonds is 4. The van der Waals surface area contributed by atoms with Gasteiger partial charge < -0.3 is 14.0 Å². The maximum atomic E-state index is 6.86. The second-order valence-corrected chi connectivity index (χ2v) is 12.2. The largest absolute Gasteiger partial charge is 0.310 e. The Morgan fingerprint density at radius 1 is 0.447 bits per heavy atom. The second kappa shape index (κ2) is 10.0. The van der Waals surface area contributed by atoms with E-state index < -0.39 is 0 Å². The number of fused-ring (bicyclic) bond motifs is 8.